The Morgan fingerprint density at radius 1 is 1.37 bits per heavy atom. The van der Waals surface area contributed by atoms with Gasteiger partial charge >= 0.3 is 7.82 Å². The van der Waals surface area contributed by atoms with Gasteiger partial charge in [-0.05, 0) is 6.07 Å². The maximum atomic E-state index is 11.8. The molecule has 3 aromatic heterocycles. The minimum absolute atomic E-state index is 0.160. The first kappa shape index (κ1) is 20.6. The van der Waals surface area contributed by atoms with E-state index in [1.54, 1.807) is 22.9 Å². The highest BCUT2D eigenvalue weighted by molar-refractivity contribution is 7.46. The van der Waals surface area contributed by atoms with Crippen LogP contribution in [0.1, 0.15) is 18.2 Å². The number of anilines is 1. The molecule has 3 atom stereocenters. The van der Waals surface area contributed by atoms with E-state index in [-0.39, 0.29) is 18.5 Å². The number of imidazole rings is 1. The third kappa shape index (κ3) is 4.41. The number of phosphoric ester groups is 1. The highest BCUT2D eigenvalue weighted by Gasteiger charge is 2.37. The minimum Gasteiger partial charge on any atom is -0.390 e. The lowest BCUT2D eigenvalue weighted by molar-refractivity contribution is -0.0424. The van der Waals surface area contributed by atoms with E-state index in [1.807, 2.05) is 0 Å². The first-order valence-corrected chi connectivity index (χ1v) is 10.5. The van der Waals surface area contributed by atoms with Gasteiger partial charge in [-0.3, -0.25) is 13.9 Å². The zero-order chi connectivity index (χ0) is 21.3. The molecule has 0 bridgehead atoms. The summed E-state index contributed by atoms with van der Waals surface area (Å²) in [5, 5.41) is 13.2. The molecule has 0 aliphatic carbocycles. The molecule has 0 radical (unpaired) electrons. The standard InChI is InChI=1S/C16H19N6O7P/c23-10-4-12(29-11(10)6-28-30(25,26)27)22-8-21-13-14(19-7-20-15(13)22)18-5-9-2-1-3-17-16(9)24/h1-3,7-8,10-12,23H,4-6H2,(H,17,24)(H,18,19,20)(H2,25,26,27)/t10-,11+,12+/m0/s1. The first-order chi connectivity index (χ1) is 14.3. The summed E-state index contributed by atoms with van der Waals surface area (Å²) in [4.78, 5) is 44.8. The maximum Gasteiger partial charge on any atom is 0.469 e. The van der Waals surface area contributed by atoms with Gasteiger partial charge in [-0.2, -0.15) is 0 Å². The van der Waals surface area contributed by atoms with Crippen molar-refractivity contribution in [2.24, 2.45) is 0 Å². The summed E-state index contributed by atoms with van der Waals surface area (Å²) in [5.74, 6) is 0.418. The predicted molar refractivity (Wildman–Crippen MR) is 102 cm³/mol. The Hall–Kier alpha value is -2.67. The Morgan fingerprint density at radius 2 is 2.20 bits per heavy atom. The number of hydrogen-bond acceptors (Lipinski definition) is 9. The van der Waals surface area contributed by atoms with Crippen molar-refractivity contribution in [2.75, 3.05) is 11.9 Å². The molecule has 1 aliphatic heterocycles. The molecule has 4 heterocycles. The van der Waals surface area contributed by atoms with Gasteiger partial charge in [-0.25, -0.2) is 19.5 Å². The van der Waals surface area contributed by atoms with Crippen molar-refractivity contribution in [1.82, 2.24) is 24.5 Å². The van der Waals surface area contributed by atoms with Gasteiger partial charge < -0.3 is 29.9 Å². The molecule has 0 aromatic carbocycles. The van der Waals surface area contributed by atoms with E-state index >= 15 is 0 Å². The molecule has 0 spiro atoms. The van der Waals surface area contributed by atoms with E-state index in [1.165, 1.54) is 12.7 Å². The summed E-state index contributed by atoms with van der Waals surface area (Å²) in [7, 11) is -4.67. The van der Waals surface area contributed by atoms with Crippen LogP contribution in [0, 0.1) is 0 Å². The molecule has 14 heteroatoms. The molecule has 30 heavy (non-hydrogen) atoms. The number of aromatic amines is 1. The van der Waals surface area contributed by atoms with Crippen LogP contribution in [0.5, 0.6) is 0 Å². The summed E-state index contributed by atoms with van der Waals surface area (Å²) < 4.78 is 22.6. The van der Waals surface area contributed by atoms with Crippen LogP contribution in [0.4, 0.5) is 5.82 Å². The number of nitrogens with zero attached hydrogens (tertiary/aromatic N) is 4. The van der Waals surface area contributed by atoms with Gasteiger partial charge in [0.2, 0.25) is 0 Å². The number of aliphatic hydroxyl groups excluding tert-OH is 1. The number of nitrogens with one attached hydrogen (secondary N) is 2. The molecule has 1 fully saturated rings. The van der Waals surface area contributed by atoms with Crippen LogP contribution in [0.3, 0.4) is 0 Å². The van der Waals surface area contributed by atoms with Crippen molar-refractivity contribution in [1.29, 1.82) is 0 Å². The molecule has 1 aliphatic rings. The van der Waals surface area contributed by atoms with Crippen molar-refractivity contribution in [3.8, 4) is 0 Å². The van der Waals surface area contributed by atoms with Gasteiger partial charge in [0, 0.05) is 24.7 Å². The second-order valence-corrected chi connectivity index (χ2v) is 7.88. The van der Waals surface area contributed by atoms with Gasteiger partial charge in [0.05, 0.1) is 19.0 Å². The third-order valence-electron chi connectivity index (χ3n) is 4.63. The van der Waals surface area contributed by atoms with Crippen LogP contribution < -0.4 is 10.9 Å². The molecule has 1 saturated heterocycles. The van der Waals surface area contributed by atoms with Crippen molar-refractivity contribution < 1.29 is 28.7 Å². The first-order valence-electron chi connectivity index (χ1n) is 8.93. The third-order valence-corrected chi connectivity index (χ3v) is 5.11. The predicted octanol–water partition coefficient (Wildman–Crippen LogP) is -0.116. The fourth-order valence-electron chi connectivity index (χ4n) is 3.17. The second kappa shape index (κ2) is 8.22. The molecule has 0 amide bonds. The van der Waals surface area contributed by atoms with Crippen LogP contribution in [-0.2, 0) is 20.4 Å². The van der Waals surface area contributed by atoms with Crippen LogP contribution in [0.15, 0.2) is 35.8 Å². The van der Waals surface area contributed by atoms with Gasteiger partial charge in [0.15, 0.2) is 17.0 Å². The topological polar surface area (TPSA) is 185 Å². The molecular formula is C16H19N6O7P. The average Bonchev–Trinajstić information content (AvgIpc) is 3.29. The number of aliphatic hydroxyl groups is 1. The molecular weight excluding hydrogens is 419 g/mol. The van der Waals surface area contributed by atoms with Gasteiger partial charge in [0.25, 0.3) is 5.56 Å². The molecule has 3 aromatic rings. The lowest BCUT2D eigenvalue weighted by Gasteiger charge is -2.16. The lowest BCUT2D eigenvalue weighted by Crippen LogP contribution is -2.25. The van der Waals surface area contributed by atoms with Crippen molar-refractivity contribution >= 4 is 24.8 Å². The summed E-state index contributed by atoms with van der Waals surface area (Å²) >= 11 is 0. The van der Waals surface area contributed by atoms with Crippen molar-refractivity contribution in [3.05, 3.63) is 46.9 Å². The van der Waals surface area contributed by atoms with E-state index in [0.717, 1.165) is 0 Å². The molecule has 13 nitrogen and oxygen atoms in total. The fraction of sp³-hybridized carbons (Fsp3) is 0.375. The normalized spacial score (nSPS) is 21.9. The summed E-state index contributed by atoms with van der Waals surface area (Å²) in [6.07, 6.45) is 1.96. The van der Waals surface area contributed by atoms with Crippen LogP contribution in [0.2, 0.25) is 0 Å². The molecule has 0 saturated carbocycles. The van der Waals surface area contributed by atoms with E-state index in [9.17, 15) is 14.5 Å². The molecule has 5 N–H and O–H groups in total. The Balaban J connectivity index is 1.51. The largest absolute Gasteiger partial charge is 0.469 e. The van der Waals surface area contributed by atoms with Gasteiger partial charge in [-0.15, -0.1) is 0 Å². The van der Waals surface area contributed by atoms with E-state index < -0.39 is 32.9 Å². The monoisotopic (exact) mass is 438 g/mol. The number of hydrogen-bond donors (Lipinski definition) is 5. The Labute approximate surface area is 169 Å². The maximum absolute atomic E-state index is 11.8. The number of ether oxygens (including phenoxy) is 1. The quantitative estimate of drug-likeness (QED) is 0.310. The van der Waals surface area contributed by atoms with Gasteiger partial charge in [0.1, 0.15) is 18.7 Å². The molecule has 4 rings (SSSR count). The van der Waals surface area contributed by atoms with Crippen molar-refractivity contribution in [2.45, 2.75) is 31.4 Å². The van der Waals surface area contributed by atoms with Crippen LogP contribution >= 0.6 is 7.82 Å². The highest BCUT2D eigenvalue weighted by Crippen LogP contribution is 2.38. The fourth-order valence-corrected chi connectivity index (χ4v) is 3.51. The summed E-state index contributed by atoms with van der Waals surface area (Å²) in [5.41, 5.74) is 1.19. The zero-order valence-electron chi connectivity index (χ0n) is 15.5. The molecule has 0 unspecified atom stereocenters. The Bertz CT molecular complexity index is 1140. The van der Waals surface area contributed by atoms with Gasteiger partial charge in [-0.1, -0.05) is 6.07 Å². The van der Waals surface area contributed by atoms with Crippen molar-refractivity contribution in [3.63, 3.8) is 0 Å². The van der Waals surface area contributed by atoms with E-state index in [2.05, 4.69) is 29.8 Å². The zero-order valence-corrected chi connectivity index (χ0v) is 16.3. The summed E-state index contributed by atoms with van der Waals surface area (Å²) in [6, 6.07) is 3.41. The number of H-pyrrole nitrogens is 1. The average molecular weight is 438 g/mol. The number of pyridine rings is 1. The SMILES string of the molecule is O=c1[nH]cccc1CNc1ncnc2c1ncn2[C@H]1C[C@H](O)[C@@H](COP(=O)(O)O)O1. The lowest BCUT2D eigenvalue weighted by atomic mass is 10.2. The van der Waals surface area contributed by atoms with E-state index in [0.29, 0.717) is 22.5 Å². The number of phosphoric acid groups is 1. The minimum atomic E-state index is -4.67. The Morgan fingerprint density at radius 3 is 2.97 bits per heavy atom. The van der Waals surface area contributed by atoms with Crippen LogP contribution in [-0.4, -0.2) is 58.2 Å². The smallest absolute Gasteiger partial charge is 0.390 e. The van der Waals surface area contributed by atoms with E-state index in [4.69, 9.17) is 14.5 Å². The number of aromatic nitrogens is 5. The Kier molecular flexibility index (Phi) is 5.64. The second-order valence-electron chi connectivity index (χ2n) is 6.64. The number of fused-ring (bicyclic) bond motifs is 1. The van der Waals surface area contributed by atoms with Crippen LogP contribution in [0.25, 0.3) is 11.2 Å². The number of rotatable bonds is 7. The highest BCUT2D eigenvalue weighted by atomic mass is 31.2. The molecule has 160 valence electrons. The summed E-state index contributed by atoms with van der Waals surface area (Å²) in [6.45, 7) is -0.225.